The van der Waals surface area contributed by atoms with Crippen molar-refractivity contribution in [2.45, 2.75) is 18.6 Å². The molecule has 1 aliphatic rings. The van der Waals surface area contributed by atoms with Gasteiger partial charge in [0.05, 0.1) is 15.4 Å². The molecule has 6 nitrogen and oxygen atoms in total. The van der Waals surface area contributed by atoms with E-state index < -0.39 is 18.0 Å². The van der Waals surface area contributed by atoms with Crippen molar-refractivity contribution in [3.05, 3.63) is 16.5 Å². The number of aliphatic carboxylic acids is 1. The number of thiophene rings is 1. The van der Waals surface area contributed by atoms with Gasteiger partial charge in [-0.2, -0.15) is 0 Å². The van der Waals surface area contributed by atoms with E-state index in [1.54, 1.807) is 12.1 Å². The third-order valence-electron chi connectivity index (χ3n) is 2.95. The van der Waals surface area contributed by atoms with Crippen molar-refractivity contribution < 1.29 is 19.4 Å². The van der Waals surface area contributed by atoms with Crippen LogP contribution in [-0.4, -0.2) is 47.8 Å². The van der Waals surface area contributed by atoms with Gasteiger partial charge in [-0.3, -0.25) is 5.32 Å². The molecule has 0 aromatic carbocycles. The third kappa shape index (κ3) is 3.17. The summed E-state index contributed by atoms with van der Waals surface area (Å²) >= 11 is 6.99. The van der Waals surface area contributed by atoms with Crippen LogP contribution in [0.3, 0.4) is 0 Å². The average Bonchev–Trinajstić information content (AvgIpc) is 2.95. The van der Waals surface area contributed by atoms with Crippen LogP contribution in [0.1, 0.15) is 6.42 Å². The minimum atomic E-state index is -1.03. The van der Waals surface area contributed by atoms with Gasteiger partial charge in [0.25, 0.3) is 0 Å². The highest BCUT2D eigenvalue weighted by Crippen LogP contribution is 2.27. The first-order valence-corrected chi connectivity index (χ1v) is 6.79. The number of carboxylic acids is 1. The number of carbonyl (C=O) groups excluding carboxylic acids is 1. The first-order valence-electron chi connectivity index (χ1n) is 5.60. The van der Waals surface area contributed by atoms with Crippen LogP contribution in [0.15, 0.2) is 12.1 Å². The van der Waals surface area contributed by atoms with Gasteiger partial charge in [-0.25, -0.2) is 9.59 Å². The first kappa shape index (κ1) is 14.1. The van der Waals surface area contributed by atoms with E-state index in [-0.39, 0.29) is 12.6 Å². The number of ether oxygens (including phenoxy) is 1. The molecule has 0 spiro atoms. The minimum Gasteiger partial charge on any atom is -0.480 e. The fourth-order valence-electron chi connectivity index (χ4n) is 1.99. The van der Waals surface area contributed by atoms with Gasteiger partial charge in [0.15, 0.2) is 0 Å². The second kappa shape index (κ2) is 5.77. The van der Waals surface area contributed by atoms with E-state index >= 15 is 0 Å². The molecule has 104 valence electrons. The summed E-state index contributed by atoms with van der Waals surface area (Å²) in [6.45, 7) is 0.262. The summed E-state index contributed by atoms with van der Waals surface area (Å²) in [6, 6.07) is 2.02. The second-order valence-corrected chi connectivity index (χ2v) is 5.85. The molecule has 1 aromatic rings. The van der Waals surface area contributed by atoms with Crippen molar-refractivity contribution in [1.29, 1.82) is 0 Å². The van der Waals surface area contributed by atoms with E-state index in [4.69, 9.17) is 21.4 Å². The Morgan fingerprint density at radius 1 is 1.58 bits per heavy atom. The molecule has 2 atom stereocenters. The van der Waals surface area contributed by atoms with Crippen LogP contribution in [0, 0.1) is 0 Å². The number of likely N-dealkylation sites (tertiary alicyclic amines) is 1. The zero-order valence-corrected chi connectivity index (χ0v) is 11.7. The maximum Gasteiger partial charge on any atom is 0.326 e. The number of anilines is 1. The van der Waals surface area contributed by atoms with Crippen molar-refractivity contribution in [1.82, 2.24) is 4.90 Å². The molecule has 1 saturated heterocycles. The Hall–Kier alpha value is -1.31. The fraction of sp³-hybridized carbons (Fsp3) is 0.455. The predicted octanol–water partition coefficient (Wildman–Crippen LogP) is 2.11. The third-order valence-corrected chi connectivity index (χ3v) is 4.09. The molecule has 19 heavy (non-hydrogen) atoms. The molecule has 0 radical (unpaired) electrons. The molecule has 2 rings (SSSR count). The zero-order valence-electron chi connectivity index (χ0n) is 10.1. The molecule has 0 aliphatic carbocycles. The van der Waals surface area contributed by atoms with Crippen LogP contribution in [-0.2, 0) is 9.53 Å². The SMILES string of the molecule is CO[C@@H]1C[C@H](C(=O)O)N(C(=O)Nc2ccc(Cl)s2)C1. The minimum absolute atomic E-state index is 0.251. The van der Waals surface area contributed by atoms with Crippen LogP contribution >= 0.6 is 22.9 Å². The monoisotopic (exact) mass is 304 g/mol. The largest absolute Gasteiger partial charge is 0.480 e. The van der Waals surface area contributed by atoms with Crippen LogP contribution in [0.25, 0.3) is 0 Å². The molecule has 1 fully saturated rings. The molecule has 0 unspecified atom stereocenters. The van der Waals surface area contributed by atoms with Gasteiger partial charge >= 0.3 is 12.0 Å². The summed E-state index contributed by atoms with van der Waals surface area (Å²) < 4.78 is 5.68. The van der Waals surface area contributed by atoms with Crippen molar-refractivity contribution in [3.8, 4) is 0 Å². The average molecular weight is 305 g/mol. The lowest BCUT2D eigenvalue weighted by atomic mass is 10.2. The molecular formula is C11H13ClN2O4S. The number of rotatable bonds is 3. The van der Waals surface area contributed by atoms with Gasteiger partial charge < -0.3 is 14.7 Å². The lowest BCUT2D eigenvalue weighted by molar-refractivity contribution is -0.141. The lowest BCUT2D eigenvalue weighted by Crippen LogP contribution is -2.42. The number of methoxy groups -OCH3 is 1. The number of urea groups is 1. The summed E-state index contributed by atoms with van der Waals surface area (Å²) in [5, 5.41) is 12.3. The summed E-state index contributed by atoms with van der Waals surface area (Å²) in [6.07, 6.45) is 0.0449. The highest BCUT2D eigenvalue weighted by molar-refractivity contribution is 7.20. The summed E-state index contributed by atoms with van der Waals surface area (Å²) in [4.78, 5) is 24.5. The quantitative estimate of drug-likeness (QED) is 0.896. The second-order valence-electron chi connectivity index (χ2n) is 4.13. The smallest absolute Gasteiger partial charge is 0.326 e. The summed E-state index contributed by atoms with van der Waals surface area (Å²) in [5.41, 5.74) is 0. The standard InChI is InChI=1S/C11H13ClN2O4S/c1-18-6-4-7(10(15)16)14(5-6)11(17)13-9-3-2-8(12)19-9/h2-3,6-7H,4-5H2,1H3,(H,13,17)(H,15,16)/t6-,7-/m1/s1. The Balaban J connectivity index is 2.06. The molecular weight excluding hydrogens is 292 g/mol. The van der Waals surface area contributed by atoms with Crippen LogP contribution in [0.4, 0.5) is 9.80 Å². The van der Waals surface area contributed by atoms with Gasteiger partial charge in [-0.05, 0) is 12.1 Å². The van der Waals surface area contributed by atoms with Gasteiger partial charge in [0.1, 0.15) is 6.04 Å². The molecule has 8 heteroatoms. The van der Waals surface area contributed by atoms with Gasteiger partial charge in [-0.15, -0.1) is 11.3 Å². The number of hydrogen-bond donors (Lipinski definition) is 2. The van der Waals surface area contributed by atoms with Crippen molar-refractivity contribution in [2.24, 2.45) is 0 Å². The first-order chi connectivity index (χ1) is 9.01. The number of amides is 2. The summed E-state index contributed by atoms with van der Waals surface area (Å²) in [5.74, 6) is -1.03. The topological polar surface area (TPSA) is 78.9 Å². The van der Waals surface area contributed by atoms with E-state index in [9.17, 15) is 9.59 Å². The number of carboxylic acid groups (broad SMARTS) is 1. The van der Waals surface area contributed by atoms with Crippen molar-refractivity contribution >= 4 is 39.9 Å². The molecule has 1 aromatic heterocycles. The van der Waals surface area contributed by atoms with Crippen LogP contribution < -0.4 is 5.32 Å². The van der Waals surface area contributed by atoms with Crippen molar-refractivity contribution in [2.75, 3.05) is 19.0 Å². The number of carbonyl (C=O) groups is 2. The molecule has 1 aliphatic heterocycles. The zero-order chi connectivity index (χ0) is 14.0. The van der Waals surface area contributed by atoms with Gasteiger partial charge in [0, 0.05) is 20.1 Å². The number of nitrogens with zero attached hydrogens (tertiary/aromatic N) is 1. The molecule has 0 bridgehead atoms. The fourth-order valence-corrected chi connectivity index (χ4v) is 2.92. The number of nitrogens with one attached hydrogen (secondary N) is 1. The Kier molecular flexibility index (Phi) is 4.28. The Morgan fingerprint density at radius 3 is 2.84 bits per heavy atom. The Bertz CT molecular complexity index is 493. The molecule has 2 amide bonds. The highest BCUT2D eigenvalue weighted by Gasteiger charge is 2.39. The van der Waals surface area contributed by atoms with Crippen molar-refractivity contribution in [3.63, 3.8) is 0 Å². The van der Waals surface area contributed by atoms with E-state index in [0.717, 1.165) is 0 Å². The van der Waals surface area contributed by atoms with Gasteiger partial charge in [0.2, 0.25) is 0 Å². The lowest BCUT2D eigenvalue weighted by Gasteiger charge is -2.21. The van der Waals surface area contributed by atoms with E-state index in [0.29, 0.717) is 15.8 Å². The molecule has 2 heterocycles. The molecule has 0 saturated carbocycles. The van der Waals surface area contributed by atoms with E-state index in [2.05, 4.69) is 5.32 Å². The number of halogens is 1. The van der Waals surface area contributed by atoms with Gasteiger partial charge in [-0.1, -0.05) is 11.6 Å². The molecule has 2 N–H and O–H groups in total. The van der Waals surface area contributed by atoms with E-state index in [1.807, 2.05) is 0 Å². The number of hydrogen-bond acceptors (Lipinski definition) is 4. The van der Waals surface area contributed by atoms with E-state index in [1.165, 1.54) is 23.3 Å². The highest BCUT2D eigenvalue weighted by atomic mass is 35.5. The Morgan fingerprint density at radius 2 is 2.32 bits per heavy atom. The maximum atomic E-state index is 12.1. The summed E-state index contributed by atoms with van der Waals surface area (Å²) in [7, 11) is 1.50. The van der Waals surface area contributed by atoms with Crippen LogP contribution in [0.2, 0.25) is 4.34 Å². The Labute approximate surface area is 118 Å². The normalized spacial score (nSPS) is 22.5. The van der Waals surface area contributed by atoms with Crippen LogP contribution in [0.5, 0.6) is 0 Å². The maximum absolute atomic E-state index is 12.1. The predicted molar refractivity (Wildman–Crippen MR) is 71.9 cm³/mol.